The molecule has 130 valence electrons. The Kier molecular flexibility index (Phi) is 4.69. The summed E-state index contributed by atoms with van der Waals surface area (Å²) in [5.41, 5.74) is 0.424. The number of hydrogen-bond donors (Lipinski definition) is 2. The van der Waals surface area contributed by atoms with Crippen molar-refractivity contribution >= 4 is 23.3 Å². The fourth-order valence-electron chi connectivity index (χ4n) is 3.62. The van der Waals surface area contributed by atoms with Gasteiger partial charge in [-0.2, -0.15) is 0 Å². The SMILES string of the molecule is CC(=O)NC1(C(C)=O)CC(C2OC2N[C@@H](C)c2cccc(Cl)c2)C1. The number of amides is 1. The van der Waals surface area contributed by atoms with Crippen LogP contribution in [0.15, 0.2) is 24.3 Å². The topological polar surface area (TPSA) is 70.7 Å². The highest BCUT2D eigenvalue weighted by molar-refractivity contribution is 6.30. The quantitative estimate of drug-likeness (QED) is 0.774. The number of ether oxygens (including phenoxy) is 1. The van der Waals surface area contributed by atoms with Crippen LogP contribution in [-0.2, 0) is 14.3 Å². The molecule has 2 unspecified atom stereocenters. The zero-order valence-electron chi connectivity index (χ0n) is 14.1. The van der Waals surface area contributed by atoms with Gasteiger partial charge < -0.3 is 10.1 Å². The van der Waals surface area contributed by atoms with Crippen LogP contribution in [0, 0.1) is 5.92 Å². The van der Waals surface area contributed by atoms with Gasteiger partial charge in [0.15, 0.2) is 5.78 Å². The number of ketones is 1. The molecular weight excluding hydrogens is 328 g/mol. The van der Waals surface area contributed by atoms with Crippen molar-refractivity contribution in [3.8, 4) is 0 Å². The van der Waals surface area contributed by atoms with Crippen molar-refractivity contribution in [3.05, 3.63) is 34.9 Å². The van der Waals surface area contributed by atoms with Crippen LogP contribution in [0.1, 0.15) is 45.2 Å². The van der Waals surface area contributed by atoms with Gasteiger partial charge in [0.2, 0.25) is 5.91 Å². The van der Waals surface area contributed by atoms with Gasteiger partial charge in [0.25, 0.3) is 0 Å². The van der Waals surface area contributed by atoms with E-state index in [1.807, 2.05) is 24.3 Å². The standard InChI is InChI=1S/C18H23ClN2O3/c1-10(13-5-4-6-15(19)7-13)20-17-16(24-17)14-8-18(9-14,11(2)22)21-12(3)23/h4-7,10,14,16-17,20H,8-9H2,1-3H3,(H,21,23)/t10-,14?,16?,17?,18?/m0/s1. The molecule has 1 saturated heterocycles. The molecule has 1 aliphatic carbocycles. The summed E-state index contributed by atoms with van der Waals surface area (Å²) < 4.78 is 5.75. The number of Topliss-reactive ketones (excluding diaryl/α,β-unsaturated/α-hetero) is 1. The van der Waals surface area contributed by atoms with Gasteiger partial charge in [0, 0.05) is 18.0 Å². The highest BCUT2D eigenvalue weighted by atomic mass is 35.5. The van der Waals surface area contributed by atoms with Crippen molar-refractivity contribution in [2.45, 2.75) is 57.5 Å². The van der Waals surface area contributed by atoms with Gasteiger partial charge in [0.05, 0.1) is 5.54 Å². The molecule has 2 N–H and O–H groups in total. The molecule has 0 spiro atoms. The van der Waals surface area contributed by atoms with Crippen LogP contribution in [0.25, 0.3) is 0 Å². The summed E-state index contributed by atoms with van der Waals surface area (Å²) in [5.74, 6) is 0.154. The largest absolute Gasteiger partial charge is 0.353 e. The fraction of sp³-hybridized carbons (Fsp3) is 0.556. The van der Waals surface area contributed by atoms with Crippen LogP contribution in [0.2, 0.25) is 5.02 Å². The van der Waals surface area contributed by atoms with Crippen molar-refractivity contribution in [2.24, 2.45) is 5.92 Å². The van der Waals surface area contributed by atoms with Crippen molar-refractivity contribution in [1.29, 1.82) is 0 Å². The second-order valence-corrected chi connectivity index (χ2v) is 7.39. The minimum Gasteiger partial charge on any atom is -0.353 e. The average molecular weight is 351 g/mol. The first kappa shape index (κ1) is 17.4. The fourth-order valence-corrected chi connectivity index (χ4v) is 3.82. The molecule has 1 aromatic rings. The van der Waals surface area contributed by atoms with Crippen LogP contribution < -0.4 is 10.6 Å². The molecule has 24 heavy (non-hydrogen) atoms. The first-order valence-corrected chi connectivity index (χ1v) is 8.65. The molecule has 3 rings (SSSR count). The maximum absolute atomic E-state index is 11.9. The molecule has 1 aromatic carbocycles. The first-order chi connectivity index (χ1) is 11.3. The molecule has 6 heteroatoms. The molecule has 2 fully saturated rings. The minimum absolute atomic E-state index is 0.00809. The van der Waals surface area contributed by atoms with E-state index in [1.165, 1.54) is 13.8 Å². The van der Waals surface area contributed by atoms with E-state index in [-0.39, 0.29) is 30.1 Å². The third-order valence-electron chi connectivity index (χ3n) is 5.06. The Morgan fingerprint density at radius 2 is 2.04 bits per heavy atom. The van der Waals surface area contributed by atoms with E-state index >= 15 is 0 Å². The lowest BCUT2D eigenvalue weighted by molar-refractivity contribution is -0.136. The molecule has 2 aliphatic rings. The third-order valence-corrected chi connectivity index (χ3v) is 5.30. The van der Waals surface area contributed by atoms with Crippen LogP contribution in [0.3, 0.4) is 0 Å². The number of hydrogen-bond acceptors (Lipinski definition) is 4. The monoisotopic (exact) mass is 350 g/mol. The van der Waals surface area contributed by atoms with Crippen LogP contribution >= 0.6 is 11.6 Å². The Balaban J connectivity index is 1.52. The maximum atomic E-state index is 11.9. The maximum Gasteiger partial charge on any atom is 0.217 e. The second kappa shape index (κ2) is 6.47. The summed E-state index contributed by atoms with van der Waals surface area (Å²) in [6.07, 6.45) is 1.39. The molecular formula is C18H23ClN2O3. The van der Waals surface area contributed by atoms with Crippen molar-refractivity contribution < 1.29 is 14.3 Å². The molecule has 5 nitrogen and oxygen atoms in total. The highest BCUT2D eigenvalue weighted by Crippen LogP contribution is 2.47. The van der Waals surface area contributed by atoms with Crippen molar-refractivity contribution in [3.63, 3.8) is 0 Å². The van der Waals surface area contributed by atoms with Gasteiger partial charge in [-0.25, -0.2) is 0 Å². The summed E-state index contributed by atoms with van der Waals surface area (Å²) in [5, 5.41) is 6.97. The van der Waals surface area contributed by atoms with Crippen LogP contribution in [0.4, 0.5) is 0 Å². The molecule has 3 atom stereocenters. The molecule has 1 amide bonds. The zero-order chi connectivity index (χ0) is 17.5. The summed E-state index contributed by atoms with van der Waals surface area (Å²) in [4.78, 5) is 23.2. The molecule has 1 aliphatic heterocycles. The number of rotatable bonds is 6. The van der Waals surface area contributed by atoms with Gasteiger partial charge in [-0.15, -0.1) is 0 Å². The van der Waals surface area contributed by atoms with E-state index < -0.39 is 5.54 Å². The summed E-state index contributed by atoms with van der Waals surface area (Å²) >= 11 is 6.03. The van der Waals surface area contributed by atoms with E-state index in [4.69, 9.17) is 16.3 Å². The molecule has 0 bridgehead atoms. The van der Waals surface area contributed by atoms with E-state index in [2.05, 4.69) is 17.6 Å². The molecule has 1 saturated carbocycles. The third kappa shape index (κ3) is 3.48. The number of carbonyl (C=O) groups excluding carboxylic acids is 2. The Hall–Kier alpha value is -1.43. The highest BCUT2D eigenvalue weighted by Gasteiger charge is 2.58. The normalized spacial score (nSPS) is 32.6. The Labute approximate surface area is 147 Å². The number of benzene rings is 1. The predicted octanol–water partition coefficient (Wildman–Crippen LogP) is 2.59. The van der Waals surface area contributed by atoms with Crippen LogP contribution in [0.5, 0.6) is 0 Å². The van der Waals surface area contributed by atoms with Gasteiger partial charge in [-0.1, -0.05) is 23.7 Å². The van der Waals surface area contributed by atoms with E-state index in [1.54, 1.807) is 0 Å². The lowest BCUT2D eigenvalue weighted by Crippen LogP contribution is -2.62. The lowest BCUT2D eigenvalue weighted by Gasteiger charge is -2.45. The van der Waals surface area contributed by atoms with E-state index in [0.717, 1.165) is 10.6 Å². The first-order valence-electron chi connectivity index (χ1n) is 8.27. The Morgan fingerprint density at radius 3 is 2.62 bits per heavy atom. The number of halogens is 1. The molecule has 1 heterocycles. The van der Waals surface area contributed by atoms with Crippen molar-refractivity contribution in [2.75, 3.05) is 0 Å². The zero-order valence-corrected chi connectivity index (χ0v) is 14.9. The predicted molar refractivity (Wildman–Crippen MR) is 91.6 cm³/mol. The van der Waals surface area contributed by atoms with Gasteiger partial charge in [-0.05, 0) is 50.3 Å². The lowest BCUT2D eigenvalue weighted by atomic mass is 9.64. The smallest absolute Gasteiger partial charge is 0.217 e. The van der Waals surface area contributed by atoms with Crippen molar-refractivity contribution in [1.82, 2.24) is 10.6 Å². The van der Waals surface area contributed by atoms with Crippen LogP contribution in [-0.4, -0.2) is 29.6 Å². The van der Waals surface area contributed by atoms with Gasteiger partial charge in [-0.3, -0.25) is 14.9 Å². The second-order valence-electron chi connectivity index (χ2n) is 6.95. The molecule has 0 aromatic heterocycles. The number of nitrogens with one attached hydrogen (secondary N) is 2. The van der Waals surface area contributed by atoms with Gasteiger partial charge >= 0.3 is 0 Å². The summed E-state index contributed by atoms with van der Waals surface area (Å²) in [6.45, 7) is 5.06. The number of epoxide rings is 1. The minimum atomic E-state index is -0.689. The average Bonchev–Trinajstić information content (AvgIpc) is 3.20. The summed E-state index contributed by atoms with van der Waals surface area (Å²) in [6, 6.07) is 7.89. The van der Waals surface area contributed by atoms with E-state index in [0.29, 0.717) is 18.8 Å². The molecule has 0 radical (unpaired) electrons. The summed E-state index contributed by atoms with van der Waals surface area (Å²) in [7, 11) is 0. The number of carbonyl (C=O) groups is 2. The Morgan fingerprint density at radius 1 is 1.33 bits per heavy atom. The Bertz CT molecular complexity index is 657. The van der Waals surface area contributed by atoms with Gasteiger partial charge in [0.1, 0.15) is 12.3 Å². The van der Waals surface area contributed by atoms with E-state index in [9.17, 15) is 9.59 Å².